The second kappa shape index (κ2) is 8.51. The molecular weight excluding hydrogens is 433 g/mol. The summed E-state index contributed by atoms with van der Waals surface area (Å²) in [6, 6.07) is 7.73. The minimum Gasteiger partial charge on any atom is -0.396 e. The van der Waals surface area contributed by atoms with Crippen LogP contribution in [0.1, 0.15) is 32.4 Å². The Labute approximate surface area is 189 Å². The number of alkyl halides is 1. The van der Waals surface area contributed by atoms with Crippen LogP contribution < -0.4 is 10.6 Å². The van der Waals surface area contributed by atoms with E-state index in [2.05, 4.69) is 20.6 Å². The number of halogens is 1. The molecule has 0 bridgehead atoms. The topological polar surface area (TPSA) is 123 Å². The first-order chi connectivity index (χ1) is 15.1. The van der Waals surface area contributed by atoms with Crippen molar-refractivity contribution >= 4 is 33.3 Å². The number of para-hydroxylation sites is 1. The average Bonchev–Trinajstić information content (AvgIpc) is 3.26. The van der Waals surface area contributed by atoms with E-state index in [0.29, 0.717) is 22.7 Å². The summed E-state index contributed by atoms with van der Waals surface area (Å²) >= 11 is 1.47. The van der Waals surface area contributed by atoms with Crippen LogP contribution in [0.15, 0.2) is 24.3 Å². The van der Waals surface area contributed by atoms with Gasteiger partial charge in [0.25, 0.3) is 0 Å². The Morgan fingerprint density at radius 3 is 2.66 bits per heavy atom. The van der Waals surface area contributed by atoms with Crippen molar-refractivity contribution in [1.82, 2.24) is 15.0 Å². The molecule has 4 rings (SSSR count). The van der Waals surface area contributed by atoms with E-state index in [1.54, 1.807) is 6.92 Å². The van der Waals surface area contributed by atoms with Crippen molar-refractivity contribution in [3.8, 4) is 10.6 Å². The van der Waals surface area contributed by atoms with E-state index in [9.17, 15) is 19.7 Å². The molecule has 0 aliphatic heterocycles. The van der Waals surface area contributed by atoms with Crippen molar-refractivity contribution in [3.63, 3.8) is 0 Å². The third kappa shape index (κ3) is 4.54. The fraction of sp³-hybridized carbons (Fsp3) is 0.500. The van der Waals surface area contributed by atoms with E-state index in [0.717, 1.165) is 10.2 Å². The van der Waals surface area contributed by atoms with Gasteiger partial charge in [-0.1, -0.05) is 12.1 Å². The molecule has 2 aromatic heterocycles. The average molecular weight is 462 g/mol. The van der Waals surface area contributed by atoms with Gasteiger partial charge in [0.1, 0.15) is 22.6 Å². The zero-order valence-corrected chi connectivity index (χ0v) is 19.1. The molecule has 1 aliphatic rings. The molecule has 1 aliphatic carbocycles. The third-order valence-corrected chi connectivity index (χ3v) is 6.72. The van der Waals surface area contributed by atoms with Crippen LogP contribution in [0, 0.1) is 12.8 Å². The van der Waals surface area contributed by atoms with Crippen molar-refractivity contribution in [2.75, 3.05) is 23.8 Å². The van der Waals surface area contributed by atoms with Crippen LogP contribution >= 0.6 is 11.3 Å². The Morgan fingerprint density at radius 2 is 2.00 bits per heavy atom. The maximum absolute atomic E-state index is 14.0. The van der Waals surface area contributed by atoms with Crippen LogP contribution in [0.3, 0.4) is 0 Å². The molecule has 0 saturated heterocycles. The molecule has 5 N–H and O–H groups in total. The summed E-state index contributed by atoms with van der Waals surface area (Å²) < 4.78 is 15.0. The number of nitrogens with one attached hydrogen (secondary N) is 2. The van der Waals surface area contributed by atoms with Gasteiger partial charge in [0.2, 0.25) is 5.95 Å². The highest BCUT2D eigenvalue weighted by Crippen LogP contribution is 2.40. The molecule has 3 aromatic rings. The van der Waals surface area contributed by atoms with Gasteiger partial charge in [-0.2, -0.15) is 4.98 Å². The van der Waals surface area contributed by atoms with Gasteiger partial charge >= 0.3 is 0 Å². The van der Waals surface area contributed by atoms with Gasteiger partial charge in [0.05, 0.1) is 28.0 Å². The van der Waals surface area contributed by atoms with E-state index in [1.807, 2.05) is 24.3 Å². The number of hydrogen-bond acceptors (Lipinski definition) is 9. The first-order valence-corrected chi connectivity index (χ1v) is 11.4. The van der Waals surface area contributed by atoms with Gasteiger partial charge in [0, 0.05) is 12.5 Å². The maximum Gasteiger partial charge on any atom is 0.225 e. The molecule has 3 unspecified atom stereocenters. The highest BCUT2D eigenvalue weighted by Gasteiger charge is 2.47. The standard InChI is InChI=1S/C22H28FN5O3S/c1-12-16(19-26-14-6-4-5-7-15(14)32-19)18(27-20(25-12)24-11-21(2,3)23)28-22(31)9-8-13(10-29)17(22)30/h4-7,13,17,29-31H,8-11H2,1-3H3,(H2,24,25,27,28). The Balaban J connectivity index is 1.77. The predicted molar refractivity (Wildman–Crippen MR) is 123 cm³/mol. The third-order valence-electron chi connectivity index (χ3n) is 5.67. The molecule has 0 spiro atoms. The molecule has 0 radical (unpaired) electrons. The van der Waals surface area contributed by atoms with Crippen molar-refractivity contribution < 1.29 is 19.7 Å². The van der Waals surface area contributed by atoms with Crippen molar-refractivity contribution in [2.24, 2.45) is 5.92 Å². The fourth-order valence-corrected chi connectivity index (χ4v) is 4.96. The van der Waals surface area contributed by atoms with Crippen LogP contribution in [0.2, 0.25) is 0 Å². The van der Waals surface area contributed by atoms with Crippen LogP contribution in [0.25, 0.3) is 20.8 Å². The summed E-state index contributed by atoms with van der Waals surface area (Å²) in [5.41, 5.74) is -1.11. The lowest BCUT2D eigenvalue weighted by Gasteiger charge is -2.31. The van der Waals surface area contributed by atoms with Gasteiger partial charge in [0.15, 0.2) is 5.72 Å². The zero-order chi connectivity index (χ0) is 23.1. The number of rotatable bonds is 7. The number of fused-ring (bicyclic) bond motifs is 1. The minimum atomic E-state index is -1.67. The van der Waals surface area contributed by atoms with Crippen LogP contribution in [-0.2, 0) is 0 Å². The number of aliphatic hydroxyl groups is 3. The summed E-state index contributed by atoms with van der Waals surface area (Å²) in [5.74, 6) is 0.0532. The summed E-state index contributed by atoms with van der Waals surface area (Å²) in [7, 11) is 0. The number of aryl methyl sites for hydroxylation is 1. The lowest BCUT2D eigenvalue weighted by Crippen LogP contribution is -2.48. The highest BCUT2D eigenvalue weighted by atomic mass is 32.1. The molecule has 32 heavy (non-hydrogen) atoms. The number of benzene rings is 1. The largest absolute Gasteiger partial charge is 0.396 e. The van der Waals surface area contributed by atoms with E-state index < -0.39 is 23.4 Å². The molecule has 2 heterocycles. The first-order valence-electron chi connectivity index (χ1n) is 10.6. The van der Waals surface area contributed by atoms with E-state index in [4.69, 9.17) is 4.98 Å². The van der Waals surface area contributed by atoms with Gasteiger partial charge in [-0.3, -0.25) is 0 Å². The normalized spacial score (nSPS) is 23.6. The van der Waals surface area contributed by atoms with Gasteiger partial charge in [-0.05, 0) is 45.7 Å². The molecule has 172 valence electrons. The Kier molecular flexibility index (Phi) is 6.06. The SMILES string of the molecule is Cc1nc(NCC(C)(C)F)nc(NC2(O)CCC(CO)C2O)c1-c1nc2ccccc2s1. The molecular formula is C22H28FN5O3S. The molecule has 1 fully saturated rings. The van der Waals surface area contributed by atoms with Gasteiger partial charge < -0.3 is 26.0 Å². The van der Waals surface area contributed by atoms with Gasteiger partial charge in [-0.25, -0.2) is 14.4 Å². The second-order valence-corrected chi connectivity index (χ2v) is 9.92. The number of aromatic nitrogens is 3. The van der Waals surface area contributed by atoms with Crippen molar-refractivity contribution in [2.45, 2.75) is 51.1 Å². The Morgan fingerprint density at radius 1 is 1.25 bits per heavy atom. The summed E-state index contributed by atoms with van der Waals surface area (Å²) in [5, 5.41) is 37.8. The Hall–Kier alpha value is -2.40. The number of aliphatic hydroxyl groups excluding tert-OH is 2. The maximum atomic E-state index is 14.0. The Bertz CT molecular complexity index is 1090. The number of thiazole rings is 1. The molecule has 1 saturated carbocycles. The number of nitrogens with zero attached hydrogens (tertiary/aromatic N) is 3. The lowest BCUT2D eigenvalue weighted by atomic mass is 10.0. The zero-order valence-electron chi connectivity index (χ0n) is 18.3. The van der Waals surface area contributed by atoms with E-state index in [1.165, 1.54) is 25.2 Å². The van der Waals surface area contributed by atoms with Crippen LogP contribution in [0.4, 0.5) is 16.2 Å². The van der Waals surface area contributed by atoms with Gasteiger partial charge in [-0.15, -0.1) is 11.3 Å². The summed E-state index contributed by atoms with van der Waals surface area (Å²) in [6.45, 7) is 4.48. The van der Waals surface area contributed by atoms with Crippen molar-refractivity contribution in [3.05, 3.63) is 30.0 Å². The van der Waals surface area contributed by atoms with E-state index in [-0.39, 0.29) is 31.3 Å². The highest BCUT2D eigenvalue weighted by molar-refractivity contribution is 7.21. The second-order valence-electron chi connectivity index (χ2n) is 8.89. The van der Waals surface area contributed by atoms with Crippen LogP contribution in [-0.4, -0.2) is 60.9 Å². The molecule has 1 aromatic carbocycles. The fourth-order valence-electron chi connectivity index (χ4n) is 3.90. The minimum absolute atomic E-state index is 0.00580. The monoisotopic (exact) mass is 461 g/mol. The number of anilines is 2. The quantitative estimate of drug-likeness (QED) is 0.340. The smallest absolute Gasteiger partial charge is 0.225 e. The molecule has 3 atom stereocenters. The van der Waals surface area contributed by atoms with E-state index >= 15 is 0 Å². The number of hydrogen-bond donors (Lipinski definition) is 5. The summed E-state index contributed by atoms with van der Waals surface area (Å²) in [4.78, 5) is 13.7. The summed E-state index contributed by atoms with van der Waals surface area (Å²) in [6.07, 6.45) is -0.475. The first kappa shape index (κ1) is 22.8. The molecule has 8 nitrogen and oxygen atoms in total. The predicted octanol–water partition coefficient (Wildman–Crippen LogP) is 3.09. The van der Waals surface area contributed by atoms with Crippen LogP contribution in [0.5, 0.6) is 0 Å². The molecule has 0 amide bonds. The van der Waals surface area contributed by atoms with Crippen molar-refractivity contribution in [1.29, 1.82) is 0 Å². The molecule has 10 heteroatoms. The lowest BCUT2D eigenvalue weighted by molar-refractivity contribution is -0.0545.